The van der Waals surface area contributed by atoms with Crippen LogP contribution >= 0.6 is 0 Å². The number of aromatic amines is 1. The first-order valence-corrected chi connectivity index (χ1v) is 8.01. The molecule has 1 rings (SSSR count). The zero-order valence-electron chi connectivity index (χ0n) is 14.6. The number of aromatic nitrogens is 1. The average Bonchev–Trinajstić information content (AvgIpc) is 2.52. The van der Waals surface area contributed by atoms with Crippen molar-refractivity contribution in [1.82, 2.24) is 15.6 Å². The van der Waals surface area contributed by atoms with E-state index in [1.807, 2.05) is 13.0 Å². The van der Waals surface area contributed by atoms with E-state index in [1.165, 1.54) is 0 Å². The molecule has 3 N–H and O–H groups in total. The Morgan fingerprint density at radius 2 is 2.00 bits per heavy atom. The molecular weight excluding hydrogens is 308 g/mol. The van der Waals surface area contributed by atoms with E-state index in [9.17, 15) is 14.4 Å². The van der Waals surface area contributed by atoms with Gasteiger partial charge in [0, 0.05) is 18.7 Å². The van der Waals surface area contributed by atoms with E-state index >= 15 is 0 Å². The Balaban J connectivity index is 2.70. The third-order valence-corrected chi connectivity index (χ3v) is 3.84. The Bertz CT molecular complexity index is 716. The molecule has 1 aromatic rings. The Labute approximate surface area is 141 Å². The molecule has 2 amide bonds. The van der Waals surface area contributed by atoms with Gasteiger partial charge in [0.25, 0.3) is 5.56 Å². The van der Waals surface area contributed by atoms with Gasteiger partial charge in [-0.1, -0.05) is 6.92 Å². The maximum atomic E-state index is 12.0. The quantitative estimate of drug-likeness (QED) is 0.686. The number of pyridine rings is 1. The topological polar surface area (TPSA) is 115 Å². The smallest absolute Gasteiger partial charge is 0.266 e. The number of carbonyl (C=O) groups excluding carboxylic acids is 2. The van der Waals surface area contributed by atoms with Crippen molar-refractivity contribution in [3.05, 3.63) is 32.7 Å². The number of nitrogens with one attached hydrogen (secondary N) is 3. The van der Waals surface area contributed by atoms with Crippen molar-refractivity contribution in [3.63, 3.8) is 0 Å². The lowest BCUT2D eigenvalue weighted by Crippen LogP contribution is -2.45. The fourth-order valence-electron chi connectivity index (χ4n) is 2.44. The van der Waals surface area contributed by atoms with Crippen LogP contribution in [0.25, 0.3) is 0 Å². The molecule has 24 heavy (non-hydrogen) atoms. The van der Waals surface area contributed by atoms with Gasteiger partial charge in [0.15, 0.2) is 0 Å². The fraction of sp³-hybridized carbons (Fsp3) is 0.529. The second-order valence-electron chi connectivity index (χ2n) is 5.75. The Hall–Kier alpha value is -2.62. The van der Waals surface area contributed by atoms with E-state index in [1.54, 1.807) is 20.8 Å². The van der Waals surface area contributed by atoms with E-state index in [-0.39, 0.29) is 23.8 Å². The molecular formula is C17H24N4O3. The summed E-state index contributed by atoms with van der Waals surface area (Å²) in [5, 5.41) is 14.4. The number of amides is 2. The van der Waals surface area contributed by atoms with Crippen LogP contribution in [0.5, 0.6) is 0 Å². The number of aryl methyl sites for hydroxylation is 1. The molecule has 130 valence electrons. The summed E-state index contributed by atoms with van der Waals surface area (Å²) in [5.74, 6) is -0.467. The van der Waals surface area contributed by atoms with Crippen LogP contribution in [-0.2, 0) is 16.0 Å². The molecule has 0 aliphatic rings. The Morgan fingerprint density at radius 3 is 2.58 bits per heavy atom. The summed E-state index contributed by atoms with van der Waals surface area (Å²) in [7, 11) is 0. The molecule has 0 spiro atoms. The third kappa shape index (κ3) is 4.95. The first kappa shape index (κ1) is 19.4. The van der Waals surface area contributed by atoms with Crippen LogP contribution in [0.4, 0.5) is 0 Å². The number of hydrogen-bond acceptors (Lipinski definition) is 4. The minimum absolute atomic E-state index is 0.0725. The summed E-state index contributed by atoms with van der Waals surface area (Å²) in [4.78, 5) is 38.1. The van der Waals surface area contributed by atoms with Crippen LogP contribution in [0.15, 0.2) is 4.79 Å². The van der Waals surface area contributed by atoms with Gasteiger partial charge in [0.1, 0.15) is 17.7 Å². The zero-order chi connectivity index (χ0) is 18.3. The van der Waals surface area contributed by atoms with Crippen LogP contribution in [-0.4, -0.2) is 29.4 Å². The largest absolute Gasteiger partial charge is 0.354 e. The Morgan fingerprint density at radius 1 is 1.33 bits per heavy atom. The minimum atomic E-state index is -0.600. The molecule has 0 aliphatic heterocycles. The second kappa shape index (κ2) is 8.87. The molecule has 0 aromatic carbocycles. The van der Waals surface area contributed by atoms with Gasteiger partial charge in [-0.25, -0.2) is 0 Å². The first-order valence-electron chi connectivity index (χ1n) is 8.01. The Kier molecular flexibility index (Phi) is 7.18. The number of carbonyl (C=O) groups is 2. The summed E-state index contributed by atoms with van der Waals surface area (Å²) >= 11 is 0. The molecule has 1 aromatic heterocycles. The molecule has 7 heteroatoms. The van der Waals surface area contributed by atoms with Gasteiger partial charge >= 0.3 is 0 Å². The van der Waals surface area contributed by atoms with Gasteiger partial charge < -0.3 is 15.6 Å². The fourth-order valence-corrected chi connectivity index (χ4v) is 2.44. The molecule has 1 heterocycles. The van der Waals surface area contributed by atoms with Gasteiger partial charge in [-0.2, -0.15) is 5.26 Å². The predicted octanol–water partition coefficient (Wildman–Crippen LogP) is 0.827. The van der Waals surface area contributed by atoms with Crippen molar-refractivity contribution < 1.29 is 9.59 Å². The highest BCUT2D eigenvalue weighted by Gasteiger charge is 2.17. The second-order valence-corrected chi connectivity index (χ2v) is 5.75. The maximum Gasteiger partial charge on any atom is 0.266 e. The monoisotopic (exact) mass is 332 g/mol. The number of rotatable bonds is 7. The summed E-state index contributed by atoms with van der Waals surface area (Å²) in [5.41, 5.74) is 1.69. The molecule has 1 atom stereocenters. The molecule has 0 bridgehead atoms. The van der Waals surface area contributed by atoms with Gasteiger partial charge in [-0.15, -0.1) is 0 Å². The molecule has 7 nitrogen and oxygen atoms in total. The van der Waals surface area contributed by atoms with Crippen molar-refractivity contribution in [2.24, 2.45) is 0 Å². The highest BCUT2D eigenvalue weighted by molar-refractivity contribution is 5.87. The van der Waals surface area contributed by atoms with Gasteiger partial charge in [-0.3, -0.25) is 14.4 Å². The van der Waals surface area contributed by atoms with E-state index in [2.05, 4.69) is 15.6 Å². The highest BCUT2D eigenvalue weighted by Crippen LogP contribution is 2.14. The van der Waals surface area contributed by atoms with Crippen LogP contribution in [0.1, 0.15) is 49.1 Å². The molecule has 0 aliphatic carbocycles. The lowest BCUT2D eigenvalue weighted by molar-refractivity contribution is -0.128. The minimum Gasteiger partial charge on any atom is -0.354 e. The summed E-state index contributed by atoms with van der Waals surface area (Å²) in [6.45, 7) is 7.60. The SMILES string of the molecule is CCCNC(=O)C(C)NC(=O)CCc1c(C)[nH]c(=O)c(C#N)c1C. The van der Waals surface area contributed by atoms with Crippen LogP contribution in [0.2, 0.25) is 0 Å². The lowest BCUT2D eigenvalue weighted by Gasteiger charge is -2.15. The van der Waals surface area contributed by atoms with Crippen molar-refractivity contribution in [1.29, 1.82) is 5.26 Å². The van der Waals surface area contributed by atoms with Crippen LogP contribution < -0.4 is 16.2 Å². The molecule has 0 fully saturated rings. The molecule has 0 saturated carbocycles. The van der Waals surface area contributed by atoms with Gasteiger partial charge in [0.2, 0.25) is 11.8 Å². The van der Waals surface area contributed by atoms with Crippen LogP contribution in [0.3, 0.4) is 0 Å². The van der Waals surface area contributed by atoms with Crippen molar-refractivity contribution in [2.45, 2.75) is 53.0 Å². The first-order chi connectivity index (χ1) is 11.3. The van der Waals surface area contributed by atoms with Gasteiger partial charge in [-0.05, 0) is 44.7 Å². The standard InChI is InChI=1S/C17H24N4O3/c1-5-8-19-16(23)12(4)20-15(22)7-6-13-10(2)14(9-18)17(24)21-11(13)3/h12H,5-8H2,1-4H3,(H,19,23)(H,20,22)(H,21,24). The summed E-state index contributed by atoms with van der Waals surface area (Å²) in [6, 6.07) is 1.29. The third-order valence-electron chi connectivity index (χ3n) is 3.84. The number of nitriles is 1. The number of hydrogen-bond donors (Lipinski definition) is 3. The molecule has 0 radical (unpaired) electrons. The van der Waals surface area contributed by atoms with Crippen molar-refractivity contribution in [2.75, 3.05) is 6.54 Å². The van der Waals surface area contributed by atoms with E-state index < -0.39 is 11.6 Å². The molecule has 1 unspecified atom stereocenters. The average molecular weight is 332 g/mol. The van der Waals surface area contributed by atoms with Gasteiger partial charge in [0.05, 0.1) is 0 Å². The lowest BCUT2D eigenvalue weighted by atomic mass is 9.99. The van der Waals surface area contributed by atoms with E-state index in [0.29, 0.717) is 24.2 Å². The summed E-state index contributed by atoms with van der Waals surface area (Å²) in [6.07, 6.45) is 1.39. The number of nitrogens with zero attached hydrogens (tertiary/aromatic N) is 1. The van der Waals surface area contributed by atoms with E-state index in [4.69, 9.17) is 5.26 Å². The van der Waals surface area contributed by atoms with E-state index in [0.717, 1.165) is 12.0 Å². The van der Waals surface area contributed by atoms with Crippen molar-refractivity contribution in [3.8, 4) is 6.07 Å². The highest BCUT2D eigenvalue weighted by atomic mass is 16.2. The normalized spacial score (nSPS) is 11.5. The zero-order valence-corrected chi connectivity index (χ0v) is 14.6. The number of H-pyrrole nitrogens is 1. The predicted molar refractivity (Wildman–Crippen MR) is 90.5 cm³/mol. The van der Waals surface area contributed by atoms with Crippen LogP contribution in [0, 0.1) is 25.2 Å². The summed E-state index contributed by atoms with van der Waals surface area (Å²) < 4.78 is 0. The maximum absolute atomic E-state index is 12.0. The van der Waals surface area contributed by atoms with Crippen molar-refractivity contribution >= 4 is 11.8 Å². The molecule has 0 saturated heterocycles.